The number of Topliss-reactive ketones (excluding diaryl/α,β-unsaturated/α-hetero) is 1. The minimum atomic E-state index is -0.966. The maximum Gasteiger partial charge on any atom is 0.301 e. The molecule has 1 N–H and O–H groups in total. The molecule has 1 atom stereocenters. The summed E-state index contributed by atoms with van der Waals surface area (Å²) in [5.74, 6) is -2.03. The lowest BCUT2D eigenvalue weighted by molar-refractivity contribution is -0.132. The van der Waals surface area contributed by atoms with E-state index in [0.29, 0.717) is 31.8 Å². The summed E-state index contributed by atoms with van der Waals surface area (Å²) in [7, 11) is 0. The molecule has 0 saturated carbocycles. The average molecular weight is 539 g/mol. The molecule has 0 aliphatic carbocycles. The fraction of sp³-hybridized carbons (Fsp3) is 0.0800. The van der Waals surface area contributed by atoms with Gasteiger partial charge < -0.3 is 5.11 Å². The molecule has 11 heteroatoms. The van der Waals surface area contributed by atoms with Gasteiger partial charge in [0.05, 0.1) is 11.6 Å². The van der Waals surface area contributed by atoms with Crippen molar-refractivity contribution in [2.45, 2.75) is 16.1 Å². The largest absolute Gasteiger partial charge is 0.507 e. The predicted molar refractivity (Wildman–Crippen MR) is 136 cm³/mol. The number of halogens is 2. The first-order valence-electron chi connectivity index (χ1n) is 10.6. The number of rotatable bonds is 6. The van der Waals surface area contributed by atoms with Gasteiger partial charge in [-0.15, -0.1) is 10.2 Å². The van der Waals surface area contributed by atoms with Gasteiger partial charge in [-0.3, -0.25) is 19.5 Å². The van der Waals surface area contributed by atoms with Crippen LogP contribution >= 0.6 is 34.7 Å². The van der Waals surface area contributed by atoms with E-state index in [-0.39, 0.29) is 22.3 Å². The predicted octanol–water partition coefficient (Wildman–Crippen LogP) is 5.64. The number of benzene rings is 2. The minimum absolute atomic E-state index is 0.0916. The third-order valence-corrected chi connectivity index (χ3v) is 7.83. The number of anilines is 1. The Bertz CT molecular complexity index is 1480. The van der Waals surface area contributed by atoms with Crippen molar-refractivity contribution in [1.29, 1.82) is 0 Å². The van der Waals surface area contributed by atoms with Crippen LogP contribution in [0.2, 0.25) is 5.02 Å². The Kier molecular flexibility index (Phi) is 6.82. The van der Waals surface area contributed by atoms with Crippen molar-refractivity contribution in [3.63, 3.8) is 0 Å². The van der Waals surface area contributed by atoms with Crippen molar-refractivity contribution in [2.75, 3.05) is 4.90 Å². The molecular formula is C25H16ClFN4O3S2. The summed E-state index contributed by atoms with van der Waals surface area (Å²) in [6.07, 6.45) is 3.09. The van der Waals surface area contributed by atoms with Gasteiger partial charge in [-0.1, -0.05) is 59.0 Å². The van der Waals surface area contributed by atoms with E-state index in [0.717, 1.165) is 11.3 Å². The molecule has 7 nitrogen and oxygen atoms in total. The van der Waals surface area contributed by atoms with E-state index < -0.39 is 17.7 Å². The fourth-order valence-corrected chi connectivity index (χ4v) is 5.74. The molecule has 1 unspecified atom stereocenters. The monoisotopic (exact) mass is 538 g/mol. The molecule has 1 aliphatic heterocycles. The molecule has 4 aromatic rings. The normalized spacial score (nSPS) is 17.1. The van der Waals surface area contributed by atoms with Crippen LogP contribution in [0, 0.1) is 5.82 Å². The highest BCUT2D eigenvalue weighted by atomic mass is 35.5. The van der Waals surface area contributed by atoms with E-state index in [1.807, 2.05) is 0 Å². The molecule has 5 rings (SSSR count). The quantitative estimate of drug-likeness (QED) is 0.111. The summed E-state index contributed by atoms with van der Waals surface area (Å²) in [6.45, 7) is 0. The number of aromatic nitrogens is 3. The average Bonchev–Trinajstić information content (AvgIpc) is 3.46. The number of carbonyl (C=O) groups excluding carboxylic acids is 2. The van der Waals surface area contributed by atoms with Crippen LogP contribution in [0.5, 0.6) is 0 Å². The molecule has 0 bridgehead atoms. The number of amides is 1. The molecule has 2 aromatic carbocycles. The van der Waals surface area contributed by atoms with Gasteiger partial charge in [-0.25, -0.2) is 4.39 Å². The lowest BCUT2D eigenvalue weighted by atomic mass is 9.96. The summed E-state index contributed by atoms with van der Waals surface area (Å²) in [5, 5.41) is 20.0. The van der Waals surface area contributed by atoms with Gasteiger partial charge in [0, 0.05) is 28.7 Å². The van der Waals surface area contributed by atoms with Crippen molar-refractivity contribution in [2.24, 2.45) is 0 Å². The first kappa shape index (κ1) is 24.1. The third-order valence-electron chi connectivity index (χ3n) is 5.47. The van der Waals surface area contributed by atoms with Crippen LogP contribution in [0.3, 0.4) is 0 Å². The van der Waals surface area contributed by atoms with Gasteiger partial charge >= 0.3 is 5.91 Å². The first-order chi connectivity index (χ1) is 17.4. The lowest BCUT2D eigenvalue weighted by Gasteiger charge is -2.22. The molecule has 3 heterocycles. The smallest absolute Gasteiger partial charge is 0.301 e. The second kappa shape index (κ2) is 10.2. The number of hydrogen-bond donors (Lipinski definition) is 1. The zero-order valence-corrected chi connectivity index (χ0v) is 20.7. The van der Waals surface area contributed by atoms with Crippen molar-refractivity contribution >= 4 is 57.3 Å². The molecular weight excluding hydrogens is 523 g/mol. The van der Waals surface area contributed by atoms with Gasteiger partial charge in [-0.05, 0) is 47.5 Å². The maximum atomic E-state index is 14.0. The molecule has 1 saturated heterocycles. The highest BCUT2D eigenvalue weighted by Crippen LogP contribution is 2.43. The number of carbonyl (C=O) groups is 2. The van der Waals surface area contributed by atoms with Crippen LogP contribution < -0.4 is 4.90 Å². The van der Waals surface area contributed by atoms with Crippen LogP contribution in [-0.2, 0) is 15.3 Å². The number of aliphatic hydroxyl groups excluding tert-OH is 1. The Morgan fingerprint density at radius 1 is 1.08 bits per heavy atom. The van der Waals surface area contributed by atoms with E-state index in [1.165, 1.54) is 28.9 Å². The van der Waals surface area contributed by atoms with E-state index in [9.17, 15) is 19.1 Å². The van der Waals surface area contributed by atoms with Gasteiger partial charge in [0.15, 0.2) is 4.34 Å². The summed E-state index contributed by atoms with van der Waals surface area (Å²) in [6, 6.07) is 15.1. The van der Waals surface area contributed by atoms with Crippen LogP contribution in [0.4, 0.5) is 9.52 Å². The Hall–Kier alpha value is -3.60. The van der Waals surface area contributed by atoms with E-state index in [1.54, 1.807) is 60.8 Å². The van der Waals surface area contributed by atoms with Crippen molar-refractivity contribution < 1.29 is 19.1 Å². The molecule has 180 valence electrons. The first-order valence-corrected chi connectivity index (χ1v) is 12.8. The molecule has 1 aliphatic rings. The Balaban J connectivity index is 1.53. The Morgan fingerprint density at radius 2 is 1.86 bits per heavy atom. The Labute approximate surface area is 218 Å². The molecule has 36 heavy (non-hydrogen) atoms. The van der Waals surface area contributed by atoms with Crippen LogP contribution in [0.25, 0.3) is 5.76 Å². The molecule has 1 fully saturated rings. The summed E-state index contributed by atoms with van der Waals surface area (Å²) >= 11 is 8.33. The zero-order chi connectivity index (χ0) is 25.2. The highest BCUT2D eigenvalue weighted by Gasteiger charge is 2.48. The summed E-state index contributed by atoms with van der Waals surface area (Å²) < 4.78 is 14.5. The fourth-order valence-electron chi connectivity index (χ4n) is 3.76. The summed E-state index contributed by atoms with van der Waals surface area (Å²) in [4.78, 5) is 31.7. The van der Waals surface area contributed by atoms with Crippen LogP contribution in [0.1, 0.15) is 22.7 Å². The van der Waals surface area contributed by atoms with Crippen molar-refractivity contribution in [1.82, 2.24) is 15.2 Å². The van der Waals surface area contributed by atoms with Crippen molar-refractivity contribution in [3.8, 4) is 0 Å². The number of hydrogen-bond acceptors (Lipinski definition) is 8. The second-order valence-electron chi connectivity index (χ2n) is 7.69. The zero-order valence-electron chi connectivity index (χ0n) is 18.3. The number of nitrogens with zero attached hydrogens (tertiary/aromatic N) is 4. The second-order valence-corrected chi connectivity index (χ2v) is 10.3. The molecule has 2 aromatic heterocycles. The molecule has 1 amide bonds. The lowest BCUT2D eigenvalue weighted by Crippen LogP contribution is -2.29. The molecule has 0 spiro atoms. The van der Waals surface area contributed by atoms with Crippen molar-refractivity contribution in [3.05, 3.63) is 106 Å². The number of ketones is 1. The van der Waals surface area contributed by atoms with Gasteiger partial charge in [0.1, 0.15) is 11.6 Å². The maximum absolute atomic E-state index is 14.0. The van der Waals surface area contributed by atoms with Crippen LogP contribution in [-0.4, -0.2) is 32.0 Å². The van der Waals surface area contributed by atoms with Gasteiger partial charge in [0.2, 0.25) is 5.13 Å². The van der Waals surface area contributed by atoms with E-state index in [2.05, 4.69) is 15.2 Å². The number of thioether (sulfide) groups is 1. The standard InChI is InChI=1S/C25H16ClFN4O3S2/c26-17-9-7-14(8-10-17)21(32)19-20(15-5-3-11-28-12-15)31(23(34)22(19)33)24-29-30-25(36-24)35-13-16-4-1-2-6-18(16)27/h1-12,20,32H,13H2/b21-19-. The number of pyridine rings is 1. The van der Waals surface area contributed by atoms with Gasteiger partial charge in [0.25, 0.3) is 5.78 Å². The summed E-state index contributed by atoms with van der Waals surface area (Å²) in [5.41, 5.74) is 1.27. The van der Waals surface area contributed by atoms with Gasteiger partial charge in [-0.2, -0.15) is 0 Å². The number of aliphatic hydroxyl groups is 1. The van der Waals surface area contributed by atoms with E-state index >= 15 is 0 Å². The minimum Gasteiger partial charge on any atom is -0.507 e. The highest BCUT2D eigenvalue weighted by molar-refractivity contribution is 8.00. The molecule has 0 radical (unpaired) electrons. The third kappa shape index (κ3) is 4.62. The van der Waals surface area contributed by atoms with Crippen LogP contribution in [0.15, 0.2) is 83.0 Å². The Morgan fingerprint density at radius 3 is 2.58 bits per heavy atom. The topological polar surface area (TPSA) is 96.3 Å². The SMILES string of the molecule is O=C1C(=O)N(c2nnc(SCc3ccccc3F)s2)C(c2cccnc2)/C1=C(/O)c1ccc(Cl)cc1. The van der Waals surface area contributed by atoms with E-state index in [4.69, 9.17) is 11.6 Å².